The monoisotopic (exact) mass is 245 g/mol. The van der Waals surface area contributed by atoms with E-state index in [1.54, 1.807) is 7.11 Å². The third-order valence-corrected chi connectivity index (χ3v) is 2.55. The second kappa shape index (κ2) is 11.9. The number of carbonyl (C=O) groups is 1. The Balaban J connectivity index is 3.38. The fourth-order valence-electron chi connectivity index (χ4n) is 1.55. The SMILES string of the molecule is CCCCCCC(C)OC(=O)CNCCOC. The number of nitrogens with one attached hydrogen (secondary N) is 1. The molecule has 17 heavy (non-hydrogen) atoms. The van der Waals surface area contributed by atoms with E-state index in [9.17, 15) is 4.79 Å². The van der Waals surface area contributed by atoms with Crippen molar-refractivity contribution in [3.05, 3.63) is 0 Å². The van der Waals surface area contributed by atoms with Crippen molar-refractivity contribution >= 4 is 5.97 Å². The summed E-state index contributed by atoms with van der Waals surface area (Å²) in [4.78, 5) is 11.4. The van der Waals surface area contributed by atoms with Crippen LogP contribution in [0.25, 0.3) is 0 Å². The van der Waals surface area contributed by atoms with Crippen LogP contribution in [-0.2, 0) is 14.3 Å². The van der Waals surface area contributed by atoms with Gasteiger partial charge >= 0.3 is 5.97 Å². The van der Waals surface area contributed by atoms with Crippen LogP contribution in [0.3, 0.4) is 0 Å². The molecule has 0 aliphatic carbocycles. The lowest BCUT2D eigenvalue weighted by Gasteiger charge is -2.13. The molecule has 1 N–H and O–H groups in total. The number of rotatable bonds is 11. The van der Waals surface area contributed by atoms with Crippen LogP contribution in [0, 0.1) is 0 Å². The predicted molar refractivity (Wildman–Crippen MR) is 69.1 cm³/mol. The summed E-state index contributed by atoms with van der Waals surface area (Å²) >= 11 is 0. The van der Waals surface area contributed by atoms with Crippen molar-refractivity contribution in [3.63, 3.8) is 0 Å². The van der Waals surface area contributed by atoms with Crippen molar-refractivity contribution in [2.45, 2.75) is 52.1 Å². The van der Waals surface area contributed by atoms with Gasteiger partial charge in [0.2, 0.25) is 0 Å². The van der Waals surface area contributed by atoms with Gasteiger partial charge in [-0.2, -0.15) is 0 Å². The first kappa shape index (κ1) is 16.4. The molecule has 1 unspecified atom stereocenters. The molecule has 0 aliphatic heterocycles. The summed E-state index contributed by atoms with van der Waals surface area (Å²) in [6, 6.07) is 0. The van der Waals surface area contributed by atoms with Gasteiger partial charge in [-0.15, -0.1) is 0 Å². The molecule has 4 heteroatoms. The van der Waals surface area contributed by atoms with E-state index < -0.39 is 0 Å². The number of carbonyl (C=O) groups excluding carboxylic acids is 1. The summed E-state index contributed by atoms with van der Waals surface area (Å²) < 4.78 is 10.1. The minimum Gasteiger partial charge on any atom is -0.462 e. The van der Waals surface area contributed by atoms with Crippen molar-refractivity contribution in [1.29, 1.82) is 0 Å². The van der Waals surface area contributed by atoms with Crippen molar-refractivity contribution in [2.24, 2.45) is 0 Å². The number of esters is 1. The van der Waals surface area contributed by atoms with Crippen LogP contribution in [0.2, 0.25) is 0 Å². The summed E-state index contributed by atoms with van der Waals surface area (Å²) in [5.41, 5.74) is 0. The average molecular weight is 245 g/mol. The number of unbranched alkanes of at least 4 members (excludes halogenated alkanes) is 3. The van der Waals surface area contributed by atoms with Gasteiger partial charge in [0.25, 0.3) is 0 Å². The molecular weight excluding hydrogens is 218 g/mol. The van der Waals surface area contributed by atoms with Gasteiger partial charge in [-0.3, -0.25) is 4.79 Å². The normalized spacial score (nSPS) is 12.4. The molecule has 0 fully saturated rings. The summed E-state index contributed by atoms with van der Waals surface area (Å²) in [5.74, 6) is -0.177. The molecule has 102 valence electrons. The summed E-state index contributed by atoms with van der Waals surface area (Å²) in [5, 5.41) is 2.97. The lowest BCUT2D eigenvalue weighted by molar-refractivity contribution is -0.147. The van der Waals surface area contributed by atoms with Gasteiger partial charge in [0.15, 0.2) is 0 Å². The average Bonchev–Trinajstić information content (AvgIpc) is 2.30. The Labute approximate surface area is 105 Å². The molecule has 0 rings (SSSR count). The summed E-state index contributed by atoms with van der Waals surface area (Å²) in [7, 11) is 1.64. The maximum absolute atomic E-state index is 11.4. The quantitative estimate of drug-likeness (QED) is 0.447. The van der Waals surface area contributed by atoms with E-state index in [4.69, 9.17) is 9.47 Å². The van der Waals surface area contributed by atoms with Gasteiger partial charge in [0.1, 0.15) is 0 Å². The molecule has 0 aromatic rings. The zero-order chi connectivity index (χ0) is 12.9. The third kappa shape index (κ3) is 11.6. The van der Waals surface area contributed by atoms with Gasteiger partial charge in [0, 0.05) is 13.7 Å². The molecule has 0 heterocycles. The van der Waals surface area contributed by atoms with Crippen LogP contribution in [0.4, 0.5) is 0 Å². The van der Waals surface area contributed by atoms with E-state index in [0.717, 1.165) is 12.8 Å². The first-order valence-electron chi connectivity index (χ1n) is 6.59. The fourth-order valence-corrected chi connectivity index (χ4v) is 1.55. The van der Waals surface area contributed by atoms with Crippen LogP contribution in [0.15, 0.2) is 0 Å². The summed E-state index contributed by atoms with van der Waals surface area (Å²) in [6.07, 6.45) is 5.86. The second-order valence-corrected chi connectivity index (χ2v) is 4.32. The summed E-state index contributed by atoms with van der Waals surface area (Å²) in [6.45, 7) is 5.70. The highest BCUT2D eigenvalue weighted by molar-refractivity contribution is 5.71. The first-order valence-corrected chi connectivity index (χ1v) is 6.59. The highest BCUT2D eigenvalue weighted by atomic mass is 16.5. The van der Waals surface area contributed by atoms with Crippen LogP contribution < -0.4 is 5.32 Å². The second-order valence-electron chi connectivity index (χ2n) is 4.32. The molecule has 4 nitrogen and oxygen atoms in total. The zero-order valence-corrected chi connectivity index (χ0v) is 11.5. The first-order chi connectivity index (χ1) is 8.20. The lowest BCUT2D eigenvalue weighted by Crippen LogP contribution is -2.29. The largest absolute Gasteiger partial charge is 0.462 e. The Hall–Kier alpha value is -0.610. The van der Waals surface area contributed by atoms with Crippen LogP contribution in [-0.4, -0.2) is 38.9 Å². The minimum atomic E-state index is -0.177. The van der Waals surface area contributed by atoms with Crippen molar-refractivity contribution < 1.29 is 14.3 Å². The highest BCUT2D eigenvalue weighted by Crippen LogP contribution is 2.07. The topological polar surface area (TPSA) is 47.6 Å². The molecule has 1 atom stereocenters. The molecule has 0 aromatic heterocycles. The van der Waals surface area contributed by atoms with E-state index in [-0.39, 0.29) is 18.6 Å². The van der Waals surface area contributed by atoms with Gasteiger partial charge in [-0.25, -0.2) is 0 Å². The van der Waals surface area contributed by atoms with Gasteiger partial charge in [0.05, 0.1) is 19.3 Å². The van der Waals surface area contributed by atoms with Gasteiger partial charge in [-0.05, 0) is 19.8 Å². The number of hydrogen-bond acceptors (Lipinski definition) is 4. The molecule has 0 spiro atoms. The maximum Gasteiger partial charge on any atom is 0.320 e. The van der Waals surface area contributed by atoms with Crippen LogP contribution >= 0.6 is 0 Å². The molecular formula is C13H27NO3. The van der Waals surface area contributed by atoms with Crippen molar-refractivity contribution in [1.82, 2.24) is 5.32 Å². The van der Waals surface area contributed by atoms with Gasteiger partial charge < -0.3 is 14.8 Å². The molecule has 0 saturated carbocycles. The lowest BCUT2D eigenvalue weighted by atomic mass is 10.1. The Kier molecular flexibility index (Phi) is 11.4. The molecule has 0 bridgehead atoms. The predicted octanol–water partition coefficient (Wildman–Crippen LogP) is 2.12. The molecule has 0 amide bonds. The van der Waals surface area contributed by atoms with E-state index in [1.165, 1.54) is 19.3 Å². The number of hydrogen-bond donors (Lipinski definition) is 1. The third-order valence-electron chi connectivity index (χ3n) is 2.55. The Morgan fingerprint density at radius 2 is 2.06 bits per heavy atom. The highest BCUT2D eigenvalue weighted by Gasteiger charge is 2.08. The Morgan fingerprint density at radius 1 is 1.29 bits per heavy atom. The Morgan fingerprint density at radius 3 is 2.71 bits per heavy atom. The number of methoxy groups -OCH3 is 1. The van der Waals surface area contributed by atoms with E-state index in [0.29, 0.717) is 13.2 Å². The van der Waals surface area contributed by atoms with E-state index >= 15 is 0 Å². The minimum absolute atomic E-state index is 0.0311. The van der Waals surface area contributed by atoms with Crippen LogP contribution in [0.5, 0.6) is 0 Å². The maximum atomic E-state index is 11.4. The molecule has 0 radical (unpaired) electrons. The standard InChI is InChI=1S/C13H27NO3/c1-4-5-6-7-8-12(2)17-13(15)11-14-9-10-16-3/h12,14H,4-11H2,1-3H3. The van der Waals surface area contributed by atoms with E-state index in [2.05, 4.69) is 12.2 Å². The fraction of sp³-hybridized carbons (Fsp3) is 0.923. The molecule has 0 saturated heterocycles. The van der Waals surface area contributed by atoms with Crippen molar-refractivity contribution in [3.8, 4) is 0 Å². The Bertz CT molecular complexity index is 186. The zero-order valence-electron chi connectivity index (χ0n) is 11.5. The number of ether oxygens (including phenoxy) is 2. The molecule has 0 aliphatic rings. The smallest absolute Gasteiger partial charge is 0.320 e. The van der Waals surface area contributed by atoms with Crippen molar-refractivity contribution in [2.75, 3.05) is 26.8 Å². The van der Waals surface area contributed by atoms with Gasteiger partial charge in [-0.1, -0.05) is 26.2 Å². The molecule has 0 aromatic carbocycles. The van der Waals surface area contributed by atoms with Crippen LogP contribution in [0.1, 0.15) is 46.0 Å². The van der Waals surface area contributed by atoms with E-state index in [1.807, 2.05) is 6.92 Å².